The molecular formula is C12H24N2O. The summed E-state index contributed by atoms with van der Waals surface area (Å²) in [7, 11) is 0. The van der Waals surface area contributed by atoms with Gasteiger partial charge in [-0.1, -0.05) is 26.7 Å². The van der Waals surface area contributed by atoms with Crippen molar-refractivity contribution in [2.45, 2.75) is 52.0 Å². The Hall–Kier alpha value is -0.570. The smallest absolute Gasteiger partial charge is 0.234 e. The molecule has 0 unspecified atom stereocenters. The second-order valence-electron chi connectivity index (χ2n) is 4.49. The van der Waals surface area contributed by atoms with Gasteiger partial charge in [0.15, 0.2) is 0 Å². The average Bonchev–Trinajstić information content (AvgIpc) is 3.05. The second kappa shape index (κ2) is 6.83. The highest BCUT2D eigenvalue weighted by Crippen LogP contribution is 2.31. The predicted molar refractivity (Wildman–Crippen MR) is 62.7 cm³/mol. The largest absolute Gasteiger partial charge is 0.352 e. The third kappa shape index (κ3) is 5.78. The molecule has 88 valence electrons. The Kier molecular flexibility index (Phi) is 5.69. The van der Waals surface area contributed by atoms with Crippen LogP contribution >= 0.6 is 0 Å². The van der Waals surface area contributed by atoms with E-state index in [-0.39, 0.29) is 5.91 Å². The van der Waals surface area contributed by atoms with E-state index in [0.29, 0.717) is 12.6 Å². The van der Waals surface area contributed by atoms with Crippen LogP contribution in [0.4, 0.5) is 0 Å². The maximum absolute atomic E-state index is 11.5. The van der Waals surface area contributed by atoms with E-state index in [2.05, 4.69) is 24.5 Å². The molecule has 0 aromatic rings. The van der Waals surface area contributed by atoms with Gasteiger partial charge in [0.2, 0.25) is 5.91 Å². The van der Waals surface area contributed by atoms with Crippen molar-refractivity contribution in [1.82, 2.24) is 10.6 Å². The van der Waals surface area contributed by atoms with Crippen LogP contribution in [0.15, 0.2) is 0 Å². The van der Waals surface area contributed by atoms with Crippen LogP contribution in [0.1, 0.15) is 46.0 Å². The molecule has 0 aromatic carbocycles. The zero-order valence-corrected chi connectivity index (χ0v) is 10.0. The Morgan fingerprint density at radius 3 is 2.53 bits per heavy atom. The van der Waals surface area contributed by atoms with Crippen LogP contribution in [0, 0.1) is 5.92 Å². The maximum Gasteiger partial charge on any atom is 0.234 e. The quantitative estimate of drug-likeness (QED) is 0.601. The lowest BCUT2D eigenvalue weighted by Crippen LogP contribution is -2.40. The van der Waals surface area contributed by atoms with Gasteiger partial charge in [0.1, 0.15) is 0 Å². The predicted octanol–water partition coefficient (Wildman–Crippen LogP) is 1.68. The third-order valence-electron chi connectivity index (χ3n) is 3.06. The van der Waals surface area contributed by atoms with Gasteiger partial charge in [-0.2, -0.15) is 0 Å². The van der Waals surface area contributed by atoms with Crippen LogP contribution in [0.5, 0.6) is 0 Å². The SMILES string of the molecule is CCC(CC)NC(=O)CNCCC1CC1. The van der Waals surface area contributed by atoms with Gasteiger partial charge >= 0.3 is 0 Å². The van der Waals surface area contributed by atoms with Crippen molar-refractivity contribution < 1.29 is 4.79 Å². The lowest BCUT2D eigenvalue weighted by atomic mass is 10.2. The summed E-state index contributed by atoms with van der Waals surface area (Å²) in [6.07, 6.45) is 6.05. The summed E-state index contributed by atoms with van der Waals surface area (Å²) in [6, 6.07) is 0.350. The van der Waals surface area contributed by atoms with Gasteiger partial charge in [0.25, 0.3) is 0 Å². The summed E-state index contributed by atoms with van der Waals surface area (Å²) in [5.74, 6) is 1.08. The molecule has 0 heterocycles. The number of nitrogens with one attached hydrogen (secondary N) is 2. The molecule has 0 radical (unpaired) electrons. The normalized spacial score (nSPS) is 15.7. The van der Waals surface area contributed by atoms with E-state index in [1.807, 2.05) is 0 Å². The Morgan fingerprint density at radius 2 is 2.00 bits per heavy atom. The van der Waals surface area contributed by atoms with Crippen LogP contribution in [-0.4, -0.2) is 25.0 Å². The number of hydrogen-bond acceptors (Lipinski definition) is 2. The molecule has 0 spiro atoms. The van der Waals surface area contributed by atoms with Crippen LogP contribution < -0.4 is 10.6 Å². The summed E-state index contributed by atoms with van der Waals surface area (Å²) in [4.78, 5) is 11.5. The second-order valence-corrected chi connectivity index (χ2v) is 4.49. The summed E-state index contributed by atoms with van der Waals surface area (Å²) < 4.78 is 0. The molecule has 0 bridgehead atoms. The first-order valence-electron chi connectivity index (χ1n) is 6.26. The molecule has 1 saturated carbocycles. The maximum atomic E-state index is 11.5. The number of carbonyl (C=O) groups excluding carboxylic acids is 1. The molecule has 15 heavy (non-hydrogen) atoms. The zero-order valence-electron chi connectivity index (χ0n) is 10.0. The molecule has 0 aromatic heterocycles. The van der Waals surface area contributed by atoms with Crippen molar-refractivity contribution in [3.05, 3.63) is 0 Å². The molecule has 0 saturated heterocycles. The minimum atomic E-state index is 0.138. The van der Waals surface area contributed by atoms with Gasteiger partial charge in [0, 0.05) is 6.04 Å². The number of hydrogen-bond donors (Lipinski definition) is 2. The molecular weight excluding hydrogens is 188 g/mol. The van der Waals surface area contributed by atoms with E-state index in [9.17, 15) is 4.79 Å². The molecule has 1 aliphatic carbocycles. The van der Waals surface area contributed by atoms with Crippen LogP contribution in [0.2, 0.25) is 0 Å². The van der Waals surface area contributed by atoms with Gasteiger partial charge in [-0.25, -0.2) is 0 Å². The molecule has 0 atom stereocenters. The fraction of sp³-hybridized carbons (Fsp3) is 0.917. The van der Waals surface area contributed by atoms with Crippen LogP contribution in [0.25, 0.3) is 0 Å². The minimum Gasteiger partial charge on any atom is -0.352 e. The summed E-state index contributed by atoms with van der Waals surface area (Å²) in [5.41, 5.74) is 0. The van der Waals surface area contributed by atoms with E-state index in [1.165, 1.54) is 19.3 Å². The highest BCUT2D eigenvalue weighted by molar-refractivity contribution is 5.78. The molecule has 1 fully saturated rings. The summed E-state index contributed by atoms with van der Waals surface area (Å²) in [5, 5.41) is 6.22. The first-order chi connectivity index (χ1) is 7.26. The van der Waals surface area contributed by atoms with E-state index in [1.54, 1.807) is 0 Å². The van der Waals surface area contributed by atoms with Gasteiger partial charge < -0.3 is 10.6 Å². The molecule has 1 rings (SSSR count). The van der Waals surface area contributed by atoms with E-state index in [4.69, 9.17) is 0 Å². The highest BCUT2D eigenvalue weighted by Gasteiger charge is 2.20. The van der Waals surface area contributed by atoms with Crippen LogP contribution in [-0.2, 0) is 4.79 Å². The first kappa shape index (κ1) is 12.5. The molecule has 1 amide bonds. The Labute approximate surface area is 93.0 Å². The highest BCUT2D eigenvalue weighted by atomic mass is 16.1. The lowest BCUT2D eigenvalue weighted by molar-refractivity contribution is -0.121. The average molecular weight is 212 g/mol. The van der Waals surface area contributed by atoms with E-state index < -0.39 is 0 Å². The van der Waals surface area contributed by atoms with Crippen molar-refractivity contribution in [3.8, 4) is 0 Å². The van der Waals surface area contributed by atoms with Gasteiger partial charge in [-0.3, -0.25) is 4.79 Å². The first-order valence-corrected chi connectivity index (χ1v) is 6.26. The fourth-order valence-corrected chi connectivity index (χ4v) is 1.69. The summed E-state index contributed by atoms with van der Waals surface area (Å²) in [6.45, 7) is 5.67. The topological polar surface area (TPSA) is 41.1 Å². The van der Waals surface area contributed by atoms with E-state index in [0.717, 1.165) is 25.3 Å². The third-order valence-corrected chi connectivity index (χ3v) is 3.06. The lowest BCUT2D eigenvalue weighted by Gasteiger charge is -2.14. The van der Waals surface area contributed by atoms with Crippen LogP contribution in [0.3, 0.4) is 0 Å². The number of rotatable bonds is 8. The molecule has 1 aliphatic rings. The molecule has 3 nitrogen and oxygen atoms in total. The Bertz CT molecular complexity index is 186. The molecule has 2 N–H and O–H groups in total. The van der Waals surface area contributed by atoms with Crippen molar-refractivity contribution in [3.63, 3.8) is 0 Å². The van der Waals surface area contributed by atoms with Gasteiger partial charge in [0.05, 0.1) is 6.54 Å². The van der Waals surface area contributed by atoms with Gasteiger partial charge in [-0.05, 0) is 31.7 Å². The van der Waals surface area contributed by atoms with Crippen molar-refractivity contribution in [1.29, 1.82) is 0 Å². The standard InChI is InChI=1S/C12H24N2O/c1-3-11(4-2)14-12(15)9-13-8-7-10-5-6-10/h10-11,13H,3-9H2,1-2H3,(H,14,15). The van der Waals surface area contributed by atoms with Crippen molar-refractivity contribution in [2.75, 3.05) is 13.1 Å². The fourth-order valence-electron chi connectivity index (χ4n) is 1.69. The number of amides is 1. The van der Waals surface area contributed by atoms with Gasteiger partial charge in [-0.15, -0.1) is 0 Å². The zero-order chi connectivity index (χ0) is 11.1. The summed E-state index contributed by atoms with van der Waals surface area (Å²) >= 11 is 0. The van der Waals surface area contributed by atoms with Crippen molar-refractivity contribution >= 4 is 5.91 Å². The molecule has 3 heteroatoms. The van der Waals surface area contributed by atoms with Crippen molar-refractivity contribution in [2.24, 2.45) is 5.92 Å². The number of carbonyl (C=O) groups is 1. The Morgan fingerprint density at radius 1 is 1.33 bits per heavy atom. The minimum absolute atomic E-state index is 0.138. The molecule has 0 aliphatic heterocycles. The van der Waals surface area contributed by atoms with E-state index >= 15 is 0 Å². The monoisotopic (exact) mass is 212 g/mol. The Balaban J connectivity index is 1.96.